The molecule has 4 aromatic rings. The summed E-state index contributed by atoms with van der Waals surface area (Å²) in [4.78, 5) is 15.9. The van der Waals surface area contributed by atoms with Crippen LogP contribution < -0.4 is 20.3 Å². The number of ether oxygens (including phenoxy) is 2. The number of alkyl halides is 2. The number of rotatable bonds is 10. The van der Waals surface area contributed by atoms with Crippen LogP contribution in [-0.4, -0.2) is 65.5 Å². The third-order valence-electron chi connectivity index (χ3n) is 8.21. The lowest BCUT2D eigenvalue weighted by atomic mass is 9.86. The topological polar surface area (TPSA) is 89.4 Å². The van der Waals surface area contributed by atoms with Crippen LogP contribution in [0.2, 0.25) is 0 Å². The van der Waals surface area contributed by atoms with Crippen molar-refractivity contribution in [1.29, 1.82) is 0 Å². The molecular weight excluding hydrogens is 540 g/mol. The van der Waals surface area contributed by atoms with Gasteiger partial charge in [0.15, 0.2) is 5.82 Å². The molecule has 2 aliphatic rings. The maximum absolute atomic E-state index is 14.1. The van der Waals surface area contributed by atoms with Gasteiger partial charge in [-0.05, 0) is 49.8 Å². The van der Waals surface area contributed by atoms with Gasteiger partial charge >= 0.3 is 0 Å². The Hall–Kier alpha value is -3.83. The molecule has 0 bridgehead atoms. The average Bonchev–Trinajstić information content (AvgIpc) is 3.44. The summed E-state index contributed by atoms with van der Waals surface area (Å²) in [7, 11) is 1.70. The molecule has 1 saturated heterocycles. The van der Waals surface area contributed by atoms with Crippen LogP contribution in [-0.2, 0) is 11.3 Å². The molecule has 0 spiro atoms. The SMILES string of the molecule is COc1ccccc1CN[C@H]1CC[C@H](CNc2nc(N3CCOCC3)cc(-n3c(C(F)F)nc4ccccc43)n2)CC1. The van der Waals surface area contributed by atoms with E-state index in [1.165, 1.54) is 4.57 Å². The van der Waals surface area contributed by atoms with Crippen LogP contribution in [0.25, 0.3) is 16.9 Å². The van der Waals surface area contributed by atoms with Crippen LogP contribution in [0.1, 0.15) is 43.5 Å². The van der Waals surface area contributed by atoms with Crippen LogP contribution in [0.3, 0.4) is 0 Å². The molecule has 3 heterocycles. The molecule has 9 nitrogen and oxygen atoms in total. The van der Waals surface area contributed by atoms with E-state index in [9.17, 15) is 8.78 Å². The van der Waals surface area contributed by atoms with Crippen molar-refractivity contribution in [3.63, 3.8) is 0 Å². The molecular formula is C31H37F2N7O2. The summed E-state index contributed by atoms with van der Waals surface area (Å²) >= 11 is 0. The van der Waals surface area contributed by atoms with Crippen LogP contribution in [0.15, 0.2) is 54.6 Å². The smallest absolute Gasteiger partial charge is 0.296 e. The first-order chi connectivity index (χ1) is 20.6. The Bertz CT molecular complexity index is 1480. The molecule has 0 amide bonds. The summed E-state index contributed by atoms with van der Waals surface area (Å²) in [6.07, 6.45) is 1.57. The largest absolute Gasteiger partial charge is 0.496 e. The third-order valence-corrected chi connectivity index (χ3v) is 8.21. The molecule has 11 heteroatoms. The van der Waals surface area contributed by atoms with Crippen LogP contribution >= 0.6 is 0 Å². The zero-order valence-corrected chi connectivity index (χ0v) is 23.8. The fourth-order valence-corrected chi connectivity index (χ4v) is 5.91. The molecule has 0 radical (unpaired) electrons. The van der Waals surface area contributed by atoms with Gasteiger partial charge in [-0.2, -0.15) is 9.97 Å². The molecule has 2 aromatic heterocycles. The first-order valence-electron chi connectivity index (χ1n) is 14.7. The van der Waals surface area contributed by atoms with Gasteiger partial charge < -0.3 is 25.0 Å². The first-order valence-corrected chi connectivity index (χ1v) is 14.7. The fraction of sp³-hybridized carbons (Fsp3) is 0.452. The van der Waals surface area contributed by atoms with E-state index >= 15 is 0 Å². The van der Waals surface area contributed by atoms with Crippen LogP contribution in [0.5, 0.6) is 5.75 Å². The van der Waals surface area contributed by atoms with Crippen molar-refractivity contribution in [3.05, 3.63) is 66.0 Å². The Balaban J connectivity index is 1.16. The van der Waals surface area contributed by atoms with E-state index in [-0.39, 0.29) is 5.82 Å². The van der Waals surface area contributed by atoms with Gasteiger partial charge in [0, 0.05) is 43.9 Å². The lowest BCUT2D eigenvalue weighted by Crippen LogP contribution is -2.37. The maximum atomic E-state index is 14.1. The normalized spacial score (nSPS) is 19.4. The lowest BCUT2D eigenvalue weighted by Gasteiger charge is -2.30. The van der Waals surface area contributed by atoms with Crippen molar-refractivity contribution in [3.8, 4) is 11.6 Å². The lowest BCUT2D eigenvalue weighted by molar-refractivity contribution is 0.122. The van der Waals surface area contributed by atoms with Gasteiger partial charge in [0.2, 0.25) is 5.95 Å². The summed E-state index contributed by atoms with van der Waals surface area (Å²) in [5, 5.41) is 7.13. The van der Waals surface area contributed by atoms with Crippen LogP contribution in [0.4, 0.5) is 20.5 Å². The van der Waals surface area contributed by atoms with Gasteiger partial charge in [0.25, 0.3) is 6.43 Å². The van der Waals surface area contributed by atoms with E-state index < -0.39 is 6.43 Å². The van der Waals surface area contributed by atoms with Gasteiger partial charge in [0.05, 0.1) is 31.4 Å². The minimum atomic E-state index is -2.75. The number of methoxy groups -OCH3 is 1. The predicted octanol–water partition coefficient (Wildman–Crippen LogP) is 5.36. The van der Waals surface area contributed by atoms with Gasteiger partial charge in [-0.3, -0.25) is 4.57 Å². The molecule has 6 rings (SSSR count). The van der Waals surface area contributed by atoms with Crippen molar-refractivity contribution < 1.29 is 18.3 Å². The monoisotopic (exact) mass is 577 g/mol. The van der Waals surface area contributed by atoms with Gasteiger partial charge in [-0.25, -0.2) is 13.8 Å². The molecule has 0 atom stereocenters. The third kappa shape index (κ3) is 6.32. The van der Waals surface area contributed by atoms with Crippen molar-refractivity contribution in [2.24, 2.45) is 5.92 Å². The second-order valence-corrected chi connectivity index (χ2v) is 10.9. The summed E-state index contributed by atoms with van der Waals surface area (Å²) in [5.74, 6) is 2.55. The standard InChI is InChI=1S/C31H37F2N7O2/c1-41-26-9-5-2-6-22(26)20-34-23-12-10-21(11-13-23)19-35-31-37-27(39-14-16-42-17-15-39)18-28(38-31)40-25-8-4-3-7-24(25)36-30(40)29(32)33/h2-9,18,21,23,29,34H,10-17,19-20H2,1H3,(H,35,37,38)/t21-,23-. The molecule has 42 heavy (non-hydrogen) atoms. The zero-order chi connectivity index (χ0) is 28.9. The number of para-hydroxylation sites is 3. The number of nitrogens with one attached hydrogen (secondary N) is 2. The van der Waals surface area contributed by atoms with Crippen molar-refractivity contribution >= 4 is 22.8 Å². The van der Waals surface area contributed by atoms with Gasteiger partial charge in [-0.15, -0.1) is 0 Å². The number of aromatic nitrogens is 4. The minimum absolute atomic E-state index is 0.326. The Kier molecular flexibility index (Phi) is 8.76. The number of morpholine rings is 1. The molecule has 2 N–H and O–H groups in total. The molecule has 1 aliphatic carbocycles. The van der Waals surface area contributed by atoms with E-state index in [0.29, 0.717) is 66.9 Å². The summed E-state index contributed by atoms with van der Waals surface area (Å²) < 4.78 is 40.7. The summed E-state index contributed by atoms with van der Waals surface area (Å²) in [5.41, 5.74) is 2.26. The Morgan fingerprint density at radius 1 is 0.952 bits per heavy atom. The number of hydrogen-bond acceptors (Lipinski definition) is 8. The maximum Gasteiger partial charge on any atom is 0.296 e. The van der Waals surface area contributed by atoms with Gasteiger partial charge in [0.1, 0.15) is 17.4 Å². The minimum Gasteiger partial charge on any atom is -0.496 e. The van der Waals surface area contributed by atoms with E-state index in [4.69, 9.17) is 19.4 Å². The Labute approximate surface area is 244 Å². The molecule has 0 unspecified atom stereocenters. The van der Waals surface area contributed by atoms with Crippen molar-refractivity contribution in [1.82, 2.24) is 24.8 Å². The predicted molar refractivity (Wildman–Crippen MR) is 159 cm³/mol. The number of imidazole rings is 1. The van der Waals surface area contributed by atoms with E-state index in [0.717, 1.165) is 50.1 Å². The highest BCUT2D eigenvalue weighted by Gasteiger charge is 2.25. The summed E-state index contributed by atoms with van der Waals surface area (Å²) in [6.45, 7) is 4.03. The number of benzene rings is 2. The number of nitrogens with zero attached hydrogens (tertiary/aromatic N) is 5. The summed E-state index contributed by atoms with van der Waals surface area (Å²) in [6, 6.07) is 17.5. The second-order valence-electron chi connectivity index (χ2n) is 10.9. The van der Waals surface area contributed by atoms with E-state index in [1.54, 1.807) is 31.4 Å². The average molecular weight is 578 g/mol. The number of anilines is 2. The molecule has 2 aromatic carbocycles. The second kappa shape index (κ2) is 13.0. The van der Waals surface area contributed by atoms with E-state index in [1.807, 2.05) is 24.3 Å². The highest BCUT2D eigenvalue weighted by atomic mass is 19.3. The van der Waals surface area contributed by atoms with Crippen molar-refractivity contribution in [2.45, 2.75) is 44.7 Å². The molecule has 2 fully saturated rings. The molecule has 1 saturated carbocycles. The quantitative estimate of drug-likeness (QED) is 0.261. The number of fused-ring (bicyclic) bond motifs is 1. The first kappa shape index (κ1) is 28.3. The fourth-order valence-electron chi connectivity index (χ4n) is 5.91. The van der Waals surface area contributed by atoms with Crippen LogP contribution in [0, 0.1) is 5.92 Å². The molecule has 222 valence electrons. The molecule has 1 aliphatic heterocycles. The Morgan fingerprint density at radius 2 is 1.69 bits per heavy atom. The van der Waals surface area contributed by atoms with Gasteiger partial charge in [-0.1, -0.05) is 30.3 Å². The Morgan fingerprint density at radius 3 is 2.48 bits per heavy atom. The van der Waals surface area contributed by atoms with Crippen molar-refractivity contribution in [2.75, 3.05) is 50.2 Å². The highest BCUT2D eigenvalue weighted by molar-refractivity contribution is 5.78. The number of hydrogen-bond donors (Lipinski definition) is 2. The highest BCUT2D eigenvalue weighted by Crippen LogP contribution is 2.30. The number of halogens is 2. The van der Waals surface area contributed by atoms with E-state index in [2.05, 4.69) is 26.6 Å². The zero-order valence-electron chi connectivity index (χ0n) is 23.8.